The van der Waals surface area contributed by atoms with Gasteiger partial charge in [-0.15, -0.1) is 0 Å². The van der Waals surface area contributed by atoms with E-state index in [9.17, 15) is 8.42 Å². The van der Waals surface area contributed by atoms with Gasteiger partial charge in [0.1, 0.15) is 9.84 Å². The molecule has 0 amide bonds. The summed E-state index contributed by atoms with van der Waals surface area (Å²) in [5.41, 5.74) is 0. The van der Waals surface area contributed by atoms with Crippen LogP contribution in [0.25, 0.3) is 0 Å². The summed E-state index contributed by atoms with van der Waals surface area (Å²) in [5.74, 6) is 0.864. The van der Waals surface area contributed by atoms with Crippen molar-refractivity contribution in [1.29, 1.82) is 0 Å². The van der Waals surface area contributed by atoms with Gasteiger partial charge < -0.3 is 0 Å². The topological polar surface area (TPSA) is 34.1 Å². The molecular weight excluding hydrogens is 240 g/mol. The first-order valence-electron chi connectivity index (χ1n) is 4.14. The molecule has 0 aliphatic heterocycles. The Morgan fingerprint density at radius 3 is 2.17 bits per heavy atom. The molecule has 0 spiro atoms. The number of hydrogen-bond donors (Lipinski definition) is 0. The third-order valence-electron chi connectivity index (χ3n) is 1.96. The molecule has 0 heterocycles. The molecule has 0 aromatic rings. The molecular formula is C8H17BrO2S. The summed E-state index contributed by atoms with van der Waals surface area (Å²) in [6.07, 6.45) is 3.03. The Balaban J connectivity index is 3.58. The zero-order valence-electron chi connectivity index (χ0n) is 7.88. The van der Waals surface area contributed by atoms with E-state index in [1.54, 1.807) is 0 Å². The molecule has 2 atom stereocenters. The van der Waals surface area contributed by atoms with Crippen molar-refractivity contribution < 1.29 is 8.42 Å². The van der Waals surface area contributed by atoms with Gasteiger partial charge in [-0.25, -0.2) is 8.42 Å². The maximum Gasteiger partial charge on any atom is 0.147 e. The van der Waals surface area contributed by atoms with Crippen LogP contribution in [0, 0.1) is 5.92 Å². The summed E-state index contributed by atoms with van der Waals surface area (Å²) >= 11 is 3.47. The summed E-state index contributed by atoms with van der Waals surface area (Å²) in [6.45, 7) is 4.22. The molecule has 0 aliphatic rings. The van der Waals surface area contributed by atoms with E-state index in [0.717, 1.165) is 12.8 Å². The SMILES string of the molecule is CC(Br)C(C)CCCS(C)(=O)=O. The highest BCUT2D eigenvalue weighted by Crippen LogP contribution is 2.17. The summed E-state index contributed by atoms with van der Waals surface area (Å²) in [4.78, 5) is 0.470. The Morgan fingerprint density at radius 1 is 1.33 bits per heavy atom. The van der Waals surface area contributed by atoms with E-state index in [1.807, 2.05) is 0 Å². The van der Waals surface area contributed by atoms with Crippen LogP contribution in [0.2, 0.25) is 0 Å². The second-order valence-electron chi connectivity index (χ2n) is 3.43. The number of alkyl halides is 1. The van der Waals surface area contributed by atoms with Crippen LogP contribution in [0.5, 0.6) is 0 Å². The molecule has 74 valence electrons. The Hall–Kier alpha value is 0.430. The first kappa shape index (κ1) is 12.4. The second-order valence-corrected chi connectivity index (χ2v) is 7.13. The van der Waals surface area contributed by atoms with Gasteiger partial charge in [-0.3, -0.25) is 0 Å². The van der Waals surface area contributed by atoms with Crippen LogP contribution in [0.3, 0.4) is 0 Å². The maximum absolute atomic E-state index is 10.8. The molecule has 2 unspecified atom stereocenters. The van der Waals surface area contributed by atoms with E-state index in [2.05, 4.69) is 29.8 Å². The normalized spacial score (nSPS) is 17.3. The van der Waals surface area contributed by atoms with Crippen molar-refractivity contribution in [1.82, 2.24) is 0 Å². The fourth-order valence-electron chi connectivity index (χ4n) is 0.897. The van der Waals surface area contributed by atoms with Crippen LogP contribution < -0.4 is 0 Å². The van der Waals surface area contributed by atoms with Crippen molar-refractivity contribution in [3.63, 3.8) is 0 Å². The van der Waals surface area contributed by atoms with Gasteiger partial charge in [0.15, 0.2) is 0 Å². The number of halogens is 1. The number of sulfone groups is 1. The summed E-state index contributed by atoms with van der Waals surface area (Å²) in [6, 6.07) is 0. The zero-order chi connectivity index (χ0) is 9.78. The smallest absolute Gasteiger partial charge is 0.147 e. The van der Waals surface area contributed by atoms with Gasteiger partial charge in [0.2, 0.25) is 0 Å². The molecule has 0 aromatic carbocycles. The minimum Gasteiger partial charge on any atom is -0.229 e. The Bertz CT molecular complexity index is 209. The van der Waals surface area contributed by atoms with E-state index in [1.165, 1.54) is 6.26 Å². The van der Waals surface area contributed by atoms with Crippen LogP contribution in [-0.4, -0.2) is 25.3 Å². The highest BCUT2D eigenvalue weighted by atomic mass is 79.9. The lowest BCUT2D eigenvalue weighted by Gasteiger charge is -2.12. The molecule has 12 heavy (non-hydrogen) atoms. The van der Waals surface area contributed by atoms with Crippen LogP contribution in [-0.2, 0) is 9.84 Å². The Labute approximate surface area is 83.8 Å². The summed E-state index contributed by atoms with van der Waals surface area (Å²) in [5, 5.41) is 0. The van der Waals surface area contributed by atoms with Crippen molar-refractivity contribution in [2.24, 2.45) is 5.92 Å². The predicted molar refractivity (Wildman–Crippen MR) is 56.5 cm³/mol. The molecule has 0 saturated heterocycles. The summed E-state index contributed by atoms with van der Waals surface area (Å²) in [7, 11) is -2.76. The Morgan fingerprint density at radius 2 is 1.83 bits per heavy atom. The van der Waals surface area contributed by atoms with E-state index >= 15 is 0 Å². The lowest BCUT2D eigenvalue weighted by molar-refractivity contribution is 0.522. The van der Waals surface area contributed by atoms with Gasteiger partial charge >= 0.3 is 0 Å². The minimum absolute atomic E-state index is 0.317. The Kier molecular flexibility index (Phi) is 5.41. The monoisotopic (exact) mass is 256 g/mol. The van der Waals surface area contributed by atoms with Crippen molar-refractivity contribution in [3.05, 3.63) is 0 Å². The molecule has 0 bridgehead atoms. The van der Waals surface area contributed by atoms with Gasteiger partial charge in [0, 0.05) is 16.8 Å². The average molecular weight is 257 g/mol. The molecule has 0 radical (unpaired) electrons. The van der Waals surface area contributed by atoms with Crippen LogP contribution in [0.15, 0.2) is 0 Å². The predicted octanol–water partition coefficient (Wildman–Crippen LogP) is 2.23. The first-order chi connectivity index (χ1) is 5.33. The van der Waals surface area contributed by atoms with Crippen LogP contribution in [0.4, 0.5) is 0 Å². The first-order valence-corrected chi connectivity index (χ1v) is 7.12. The standard InChI is InChI=1S/C8H17BrO2S/c1-7(8(2)9)5-4-6-12(3,10)11/h7-8H,4-6H2,1-3H3. The highest BCUT2D eigenvalue weighted by Gasteiger charge is 2.09. The van der Waals surface area contributed by atoms with E-state index in [4.69, 9.17) is 0 Å². The lowest BCUT2D eigenvalue weighted by Crippen LogP contribution is -2.09. The van der Waals surface area contributed by atoms with Crippen molar-refractivity contribution in [2.45, 2.75) is 31.5 Å². The maximum atomic E-state index is 10.8. The largest absolute Gasteiger partial charge is 0.229 e. The van der Waals surface area contributed by atoms with Gasteiger partial charge in [-0.1, -0.05) is 29.8 Å². The van der Waals surface area contributed by atoms with Gasteiger partial charge in [0.25, 0.3) is 0 Å². The highest BCUT2D eigenvalue weighted by molar-refractivity contribution is 9.09. The van der Waals surface area contributed by atoms with E-state index < -0.39 is 9.84 Å². The van der Waals surface area contributed by atoms with Crippen LogP contribution in [0.1, 0.15) is 26.7 Å². The van der Waals surface area contributed by atoms with E-state index in [-0.39, 0.29) is 0 Å². The second kappa shape index (κ2) is 5.22. The molecule has 0 aromatic heterocycles. The van der Waals surface area contributed by atoms with Crippen molar-refractivity contribution in [2.75, 3.05) is 12.0 Å². The lowest BCUT2D eigenvalue weighted by atomic mass is 10.0. The van der Waals surface area contributed by atoms with Gasteiger partial charge in [0.05, 0.1) is 0 Å². The fourth-order valence-corrected chi connectivity index (χ4v) is 1.85. The summed E-state index contributed by atoms with van der Waals surface area (Å²) < 4.78 is 21.5. The van der Waals surface area contributed by atoms with Crippen molar-refractivity contribution >= 4 is 25.8 Å². The third-order valence-corrected chi connectivity index (χ3v) is 3.89. The quantitative estimate of drug-likeness (QED) is 0.708. The van der Waals surface area contributed by atoms with Crippen LogP contribution >= 0.6 is 15.9 Å². The zero-order valence-corrected chi connectivity index (χ0v) is 10.3. The molecule has 0 N–H and O–H groups in total. The molecule has 0 rings (SSSR count). The fraction of sp³-hybridized carbons (Fsp3) is 1.00. The number of hydrogen-bond acceptors (Lipinski definition) is 2. The van der Waals surface area contributed by atoms with Gasteiger partial charge in [-0.2, -0.15) is 0 Å². The molecule has 2 nitrogen and oxygen atoms in total. The van der Waals surface area contributed by atoms with E-state index in [0.29, 0.717) is 16.5 Å². The van der Waals surface area contributed by atoms with Gasteiger partial charge in [-0.05, 0) is 18.8 Å². The molecule has 4 heteroatoms. The molecule has 0 aliphatic carbocycles. The van der Waals surface area contributed by atoms with Crippen molar-refractivity contribution in [3.8, 4) is 0 Å². The molecule has 0 fully saturated rings. The third kappa shape index (κ3) is 7.10. The molecule has 0 saturated carbocycles. The number of rotatable bonds is 5. The average Bonchev–Trinajstić information content (AvgIpc) is 1.84. The minimum atomic E-state index is -2.76.